The van der Waals surface area contributed by atoms with Gasteiger partial charge in [-0.15, -0.1) is 0 Å². The number of piperidine rings is 1. The minimum atomic E-state index is 0.0118. The van der Waals surface area contributed by atoms with Crippen LogP contribution in [0.1, 0.15) is 19.3 Å². The van der Waals surface area contributed by atoms with Gasteiger partial charge in [-0.2, -0.15) is 5.26 Å². The van der Waals surface area contributed by atoms with Crippen LogP contribution in [0.4, 0.5) is 5.69 Å². The Morgan fingerprint density at radius 1 is 1.33 bits per heavy atom. The summed E-state index contributed by atoms with van der Waals surface area (Å²) in [6.45, 7) is 2.51. The summed E-state index contributed by atoms with van der Waals surface area (Å²) in [5, 5.41) is 12.4. The lowest BCUT2D eigenvalue weighted by atomic mass is 9.95. The van der Waals surface area contributed by atoms with Gasteiger partial charge >= 0.3 is 0 Å². The lowest BCUT2D eigenvalue weighted by Gasteiger charge is -2.30. The third-order valence-electron chi connectivity index (χ3n) is 3.69. The SMILES string of the molecule is N#CCCN1CCC(C(=O)Nc2ccc(Cl)c(Cl)c2)CC1. The summed E-state index contributed by atoms with van der Waals surface area (Å²) in [7, 11) is 0. The molecule has 0 radical (unpaired) electrons. The van der Waals surface area contributed by atoms with E-state index < -0.39 is 0 Å². The number of nitriles is 1. The largest absolute Gasteiger partial charge is 0.326 e. The molecule has 1 heterocycles. The first kappa shape index (κ1) is 16.1. The summed E-state index contributed by atoms with van der Waals surface area (Å²) in [5.74, 6) is 0.0334. The Hall–Kier alpha value is -1.28. The van der Waals surface area contributed by atoms with Crippen molar-refractivity contribution < 1.29 is 4.79 Å². The minimum Gasteiger partial charge on any atom is -0.326 e. The molecule has 1 aromatic rings. The molecule has 0 bridgehead atoms. The van der Waals surface area contributed by atoms with Crippen LogP contribution in [0.2, 0.25) is 10.0 Å². The Bertz CT molecular complexity index is 548. The zero-order valence-electron chi connectivity index (χ0n) is 11.6. The Morgan fingerprint density at radius 3 is 2.67 bits per heavy atom. The van der Waals surface area contributed by atoms with Gasteiger partial charge in [-0.3, -0.25) is 4.79 Å². The van der Waals surface area contributed by atoms with Crippen molar-refractivity contribution in [3.8, 4) is 6.07 Å². The molecule has 0 aromatic heterocycles. The molecule has 6 heteroatoms. The summed E-state index contributed by atoms with van der Waals surface area (Å²) in [5.41, 5.74) is 0.668. The number of nitrogens with zero attached hydrogens (tertiary/aromatic N) is 2. The number of carbonyl (C=O) groups is 1. The zero-order valence-corrected chi connectivity index (χ0v) is 13.1. The van der Waals surface area contributed by atoms with Gasteiger partial charge in [-0.25, -0.2) is 0 Å². The average Bonchev–Trinajstić information content (AvgIpc) is 2.49. The molecule has 0 atom stereocenters. The average molecular weight is 326 g/mol. The van der Waals surface area contributed by atoms with Crippen molar-refractivity contribution in [1.82, 2.24) is 4.90 Å². The van der Waals surface area contributed by atoms with Crippen molar-refractivity contribution in [3.63, 3.8) is 0 Å². The Balaban J connectivity index is 1.84. The highest BCUT2D eigenvalue weighted by atomic mass is 35.5. The highest BCUT2D eigenvalue weighted by molar-refractivity contribution is 6.42. The number of nitrogens with one attached hydrogen (secondary N) is 1. The van der Waals surface area contributed by atoms with Crippen LogP contribution in [0, 0.1) is 17.2 Å². The number of amides is 1. The first-order valence-corrected chi connectivity index (χ1v) is 7.71. The molecule has 0 saturated carbocycles. The second kappa shape index (κ2) is 7.65. The lowest BCUT2D eigenvalue weighted by Crippen LogP contribution is -2.38. The smallest absolute Gasteiger partial charge is 0.227 e. The van der Waals surface area contributed by atoms with Gasteiger partial charge in [-0.1, -0.05) is 23.2 Å². The first-order chi connectivity index (χ1) is 10.1. The van der Waals surface area contributed by atoms with E-state index in [4.69, 9.17) is 28.5 Å². The van der Waals surface area contributed by atoms with E-state index in [0.717, 1.165) is 32.5 Å². The number of carbonyl (C=O) groups excluding carboxylic acids is 1. The van der Waals surface area contributed by atoms with Gasteiger partial charge < -0.3 is 10.2 Å². The van der Waals surface area contributed by atoms with E-state index in [-0.39, 0.29) is 11.8 Å². The minimum absolute atomic E-state index is 0.0118. The summed E-state index contributed by atoms with van der Waals surface area (Å²) in [6.07, 6.45) is 2.18. The van der Waals surface area contributed by atoms with Gasteiger partial charge in [0.05, 0.1) is 16.1 Å². The highest BCUT2D eigenvalue weighted by Gasteiger charge is 2.24. The molecule has 21 heavy (non-hydrogen) atoms. The molecule has 112 valence electrons. The number of hydrogen-bond donors (Lipinski definition) is 1. The maximum atomic E-state index is 12.2. The molecule has 0 unspecified atom stereocenters. The van der Waals surface area contributed by atoms with Crippen molar-refractivity contribution >= 4 is 34.8 Å². The number of halogens is 2. The van der Waals surface area contributed by atoms with Gasteiger partial charge in [0, 0.05) is 24.6 Å². The molecule has 1 aromatic carbocycles. The van der Waals surface area contributed by atoms with E-state index in [1.54, 1.807) is 18.2 Å². The van der Waals surface area contributed by atoms with Crippen molar-refractivity contribution in [2.24, 2.45) is 5.92 Å². The third kappa shape index (κ3) is 4.60. The fourth-order valence-corrected chi connectivity index (χ4v) is 2.74. The number of benzene rings is 1. The van der Waals surface area contributed by atoms with Gasteiger partial charge in [0.15, 0.2) is 0 Å². The van der Waals surface area contributed by atoms with E-state index in [2.05, 4.69) is 16.3 Å². The van der Waals surface area contributed by atoms with E-state index in [9.17, 15) is 4.79 Å². The van der Waals surface area contributed by atoms with Gasteiger partial charge in [0.2, 0.25) is 5.91 Å². The maximum Gasteiger partial charge on any atom is 0.227 e. The molecule has 1 aliphatic rings. The van der Waals surface area contributed by atoms with E-state index in [0.29, 0.717) is 22.2 Å². The van der Waals surface area contributed by atoms with Gasteiger partial charge in [0.25, 0.3) is 0 Å². The molecule has 2 rings (SSSR count). The third-order valence-corrected chi connectivity index (χ3v) is 4.42. The zero-order chi connectivity index (χ0) is 15.2. The second-order valence-corrected chi connectivity index (χ2v) is 5.96. The van der Waals surface area contributed by atoms with Crippen LogP contribution in [-0.2, 0) is 4.79 Å². The standard InChI is InChI=1S/C15H17Cl2N3O/c16-13-3-2-12(10-14(13)17)19-15(21)11-4-8-20(9-5-11)7-1-6-18/h2-3,10-11H,1,4-5,7-9H2,(H,19,21). The first-order valence-electron chi connectivity index (χ1n) is 6.95. The predicted octanol–water partition coefficient (Wildman–Crippen LogP) is 3.56. The van der Waals surface area contributed by atoms with E-state index >= 15 is 0 Å². The van der Waals surface area contributed by atoms with Crippen LogP contribution in [0.3, 0.4) is 0 Å². The van der Waals surface area contributed by atoms with Crippen LogP contribution in [0.5, 0.6) is 0 Å². The second-order valence-electron chi connectivity index (χ2n) is 5.14. The summed E-state index contributed by atoms with van der Waals surface area (Å²) in [6, 6.07) is 7.22. The summed E-state index contributed by atoms with van der Waals surface area (Å²) < 4.78 is 0. The van der Waals surface area contributed by atoms with Crippen LogP contribution in [0.15, 0.2) is 18.2 Å². The molecule has 1 fully saturated rings. The molecule has 0 aliphatic carbocycles. The van der Waals surface area contributed by atoms with Crippen LogP contribution in [0.25, 0.3) is 0 Å². The number of hydrogen-bond acceptors (Lipinski definition) is 3. The van der Waals surface area contributed by atoms with Gasteiger partial charge in [-0.05, 0) is 44.1 Å². The molecule has 1 saturated heterocycles. The summed E-state index contributed by atoms with van der Waals surface area (Å²) >= 11 is 11.8. The Morgan fingerprint density at radius 2 is 2.05 bits per heavy atom. The Labute approximate surface area is 134 Å². The van der Waals surface area contributed by atoms with Crippen molar-refractivity contribution in [2.75, 3.05) is 25.0 Å². The molecule has 1 N–H and O–H groups in total. The highest BCUT2D eigenvalue weighted by Crippen LogP contribution is 2.26. The monoisotopic (exact) mass is 325 g/mol. The normalized spacial score (nSPS) is 16.4. The fraction of sp³-hybridized carbons (Fsp3) is 0.467. The topological polar surface area (TPSA) is 56.1 Å². The summed E-state index contributed by atoms with van der Waals surface area (Å²) in [4.78, 5) is 14.5. The van der Waals surface area contributed by atoms with Crippen molar-refractivity contribution in [2.45, 2.75) is 19.3 Å². The fourth-order valence-electron chi connectivity index (χ4n) is 2.45. The van der Waals surface area contributed by atoms with Crippen LogP contribution < -0.4 is 5.32 Å². The number of anilines is 1. The van der Waals surface area contributed by atoms with E-state index in [1.807, 2.05) is 0 Å². The lowest BCUT2D eigenvalue weighted by molar-refractivity contribution is -0.121. The van der Waals surface area contributed by atoms with Crippen LogP contribution >= 0.6 is 23.2 Å². The van der Waals surface area contributed by atoms with Crippen molar-refractivity contribution in [3.05, 3.63) is 28.2 Å². The molecule has 0 spiro atoms. The van der Waals surface area contributed by atoms with E-state index in [1.165, 1.54) is 0 Å². The molecule has 1 amide bonds. The quantitative estimate of drug-likeness (QED) is 0.920. The maximum absolute atomic E-state index is 12.2. The predicted molar refractivity (Wildman–Crippen MR) is 84.5 cm³/mol. The van der Waals surface area contributed by atoms with Crippen molar-refractivity contribution in [1.29, 1.82) is 5.26 Å². The molecular weight excluding hydrogens is 309 g/mol. The van der Waals surface area contributed by atoms with Gasteiger partial charge in [0.1, 0.15) is 0 Å². The number of likely N-dealkylation sites (tertiary alicyclic amines) is 1. The number of rotatable bonds is 4. The molecule has 4 nitrogen and oxygen atoms in total. The Kier molecular flexibility index (Phi) is 5.86. The van der Waals surface area contributed by atoms with Crippen LogP contribution in [-0.4, -0.2) is 30.4 Å². The molecule has 1 aliphatic heterocycles. The molecular formula is C15H17Cl2N3O.